The van der Waals surface area contributed by atoms with Gasteiger partial charge >= 0.3 is 5.97 Å². The van der Waals surface area contributed by atoms with Gasteiger partial charge in [-0.05, 0) is 30.4 Å². The summed E-state index contributed by atoms with van der Waals surface area (Å²) in [6, 6.07) is 8.07. The quantitative estimate of drug-likeness (QED) is 0.610. The van der Waals surface area contributed by atoms with Gasteiger partial charge in [-0.1, -0.05) is 49.3 Å². The normalized spacial score (nSPS) is 17.0. The third kappa shape index (κ3) is 4.66. The number of rotatable bonds is 6. The second-order valence-corrected chi connectivity index (χ2v) is 5.59. The first kappa shape index (κ1) is 17.7. The SMILES string of the molecule is CCCC#CCc1ccccc1/C=C\CCC1OC(=O)C(O)=C1O. The Morgan fingerprint density at radius 1 is 1.25 bits per heavy atom. The molecule has 0 fully saturated rings. The molecule has 1 aliphatic rings. The summed E-state index contributed by atoms with van der Waals surface area (Å²) in [7, 11) is 0. The highest BCUT2D eigenvalue weighted by Crippen LogP contribution is 2.22. The molecule has 0 aliphatic carbocycles. The van der Waals surface area contributed by atoms with Gasteiger partial charge in [0.2, 0.25) is 5.76 Å². The van der Waals surface area contributed by atoms with Crippen molar-refractivity contribution in [3.63, 3.8) is 0 Å². The van der Waals surface area contributed by atoms with Gasteiger partial charge in [-0.3, -0.25) is 0 Å². The lowest BCUT2D eigenvalue weighted by Crippen LogP contribution is -2.10. The van der Waals surface area contributed by atoms with Crippen LogP contribution < -0.4 is 0 Å². The minimum absolute atomic E-state index is 0.375. The van der Waals surface area contributed by atoms with Crippen LogP contribution in [-0.2, 0) is 16.0 Å². The van der Waals surface area contributed by atoms with Crippen molar-refractivity contribution in [1.82, 2.24) is 0 Å². The number of unbranched alkanes of at least 4 members (excludes halogenated alkanes) is 1. The van der Waals surface area contributed by atoms with E-state index in [1.165, 1.54) is 5.56 Å². The van der Waals surface area contributed by atoms with Gasteiger partial charge in [0.15, 0.2) is 11.9 Å². The second kappa shape index (κ2) is 8.83. The number of aliphatic hydroxyl groups excluding tert-OH is 2. The van der Waals surface area contributed by atoms with Crippen molar-refractivity contribution in [2.75, 3.05) is 0 Å². The van der Waals surface area contributed by atoms with Crippen LogP contribution >= 0.6 is 0 Å². The van der Waals surface area contributed by atoms with Crippen molar-refractivity contribution in [2.24, 2.45) is 0 Å². The smallest absolute Gasteiger partial charge is 0.377 e. The van der Waals surface area contributed by atoms with E-state index in [4.69, 9.17) is 4.74 Å². The largest absolute Gasteiger partial charge is 0.505 e. The molecule has 1 unspecified atom stereocenters. The summed E-state index contributed by atoms with van der Waals surface area (Å²) in [5.74, 6) is 4.42. The Balaban J connectivity index is 1.91. The van der Waals surface area contributed by atoms with Gasteiger partial charge in [0, 0.05) is 12.8 Å². The fourth-order valence-electron chi connectivity index (χ4n) is 2.38. The number of benzene rings is 1. The summed E-state index contributed by atoms with van der Waals surface area (Å²) in [4.78, 5) is 11.1. The van der Waals surface area contributed by atoms with E-state index in [2.05, 4.69) is 24.8 Å². The van der Waals surface area contributed by atoms with Gasteiger partial charge < -0.3 is 14.9 Å². The van der Waals surface area contributed by atoms with Gasteiger partial charge in [0.25, 0.3) is 0 Å². The second-order valence-electron chi connectivity index (χ2n) is 5.59. The van der Waals surface area contributed by atoms with Gasteiger partial charge in [0.1, 0.15) is 0 Å². The van der Waals surface area contributed by atoms with Crippen LogP contribution in [-0.4, -0.2) is 22.3 Å². The molecule has 24 heavy (non-hydrogen) atoms. The zero-order chi connectivity index (χ0) is 17.4. The number of carbonyl (C=O) groups excluding carboxylic acids is 1. The predicted octanol–water partition coefficient (Wildman–Crippen LogP) is 4.08. The van der Waals surface area contributed by atoms with E-state index in [0.717, 1.165) is 24.8 Å². The third-order valence-corrected chi connectivity index (χ3v) is 3.72. The Hall–Kier alpha value is -2.67. The van der Waals surface area contributed by atoms with Crippen LogP contribution in [0.25, 0.3) is 6.08 Å². The zero-order valence-electron chi connectivity index (χ0n) is 13.8. The molecule has 126 valence electrons. The molecule has 0 spiro atoms. The van der Waals surface area contributed by atoms with Crippen LogP contribution in [0.3, 0.4) is 0 Å². The molecule has 1 atom stereocenters. The van der Waals surface area contributed by atoms with Crippen molar-refractivity contribution in [3.05, 3.63) is 53.0 Å². The molecule has 0 bridgehead atoms. The number of hydrogen-bond donors (Lipinski definition) is 2. The molecule has 1 heterocycles. The molecule has 1 aliphatic heterocycles. The molecule has 0 saturated heterocycles. The highest BCUT2D eigenvalue weighted by atomic mass is 16.6. The summed E-state index contributed by atoms with van der Waals surface area (Å²) in [5, 5.41) is 18.8. The van der Waals surface area contributed by atoms with E-state index in [0.29, 0.717) is 12.8 Å². The first-order chi connectivity index (χ1) is 11.6. The van der Waals surface area contributed by atoms with Crippen molar-refractivity contribution in [3.8, 4) is 11.8 Å². The molecule has 0 radical (unpaired) electrons. The highest BCUT2D eigenvalue weighted by Gasteiger charge is 2.33. The maximum absolute atomic E-state index is 11.1. The maximum Gasteiger partial charge on any atom is 0.377 e. The van der Waals surface area contributed by atoms with Crippen LogP contribution in [0.4, 0.5) is 0 Å². The average Bonchev–Trinajstić information content (AvgIpc) is 2.83. The summed E-state index contributed by atoms with van der Waals surface area (Å²) < 4.78 is 4.87. The van der Waals surface area contributed by atoms with Crippen LogP contribution in [0, 0.1) is 11.8 Å². The van der Waals surface area contributed by atoms with E-state index < -0.39 is 17.8 Å². The molecule has 4 nitrogen and oxygen atoms in total. The van der Waals surface area contributed by atoms with E-state index >= 15 is 0 Å². The number of carbonyl (C=O) groups is 1. The Kier molecular flexibility index (Phi) is 6.51. The van der Waals surface area contributed by atoms with E-state index in [1.807, 2.05) is 30.4 Å². The number of hydrogen-bond acceptors (Lipinski definition) is 4. The molecular formula is C20H22O4. The fraction of sp³-hybridized carbons (Fsp3) is 0.350. The predicted molar refractivity (Wildman–Crippen MR) is 93.3 cm³/mol. The van der Waals surface area contributed by atoms with E-state index in [9.17, 15) is 15.0 Å². The summed E-state index contributed by atoms with van der Waals surface area (Å²) >= 11 is 0. The first-order valence-corrected chi connectivity index (χ1v) is 8.16. The Morgan fingerprint density at radius 3 is 2.75 bits per heavy atom. The number of cyclic esters (lactones) is 1. The van der Waals surface area contributed by atoms with Crippen molar-refractivity contribution in [2.45, 2.75) is 45.1 Å². The molecule has 0 aromatic heterocycles. The molecule has 1 aromatic rings. The highest BCUT2D eigenvalue weighted by molar-refractivity contribution is 5.88. The summed E-state index contributed by atoms with van der Waals surface area (Å²) in [6.07, 6.45) is 6.97. The summed E-state index contributed by atoms with van der Waals surface area (Å²) in [6.45, 7) is 2.11. The molecule has 2 N–H and O–H groups in total. The van der Waals surface area contributed by atoms with Crippen molar-refractivity contribution >= 4 is 12.0 Å². The first-order valence-electron chi connectivity index (χ1n) is 8.16. The van der Waals surface area contributed by atoms with Gasteiger partial charge in [-0.25, -0.2) is 4.79 Å². The number of allylic oxidation sites excluding steroid dienone is 1. The standard InChI is InChI=1S/C20H22O4/c1-2-3-4-5-10-15-11-6-7-12-16(15)13-8-9-14-17-18(21)19(22)20(23)24-17/h6-8,11-13,17,21-22H,2-3,9-10,14H2,1H3/b13-8-. The molecule has 2 rings (SSSR count). The van der Waals surface area contributed by atoms with Crippen molar-refractivity contribution < 1.29 is 19.7 Å². The average molecular weight is 326 g/mol. The third-order valence-electron chi connectivity index (χ3n) is 3.72. The van der Waals surface area contributed by atoms with Gasteiger partial charge in [-0.15, -0.1) is 5.92 Å². The van der Waals surface area contributed by atoms with Crippen LogP contribution in [0.5, 0.6) is 0 Å². The minimum Gasteiger partial charge on any atom is -0.505 e. The Morgan fingerprint density at radius 2 is 2.04 bits per heavy atom. The number of esters is 1. The maximum atomic E-state index is 11.1. The van der Waals surface area contributed by atoms with Gasteiger partial charge in [0.05, 0.1) is 0 Å². The molecule has 0 saturated carbocycles. The Bertz CT molecular complexity index is 704. The van der Waals surface area contributed by atoms with Crippen molar-refractivity contribution in [1.29, 1.82) is 0 Å². The lowest BCUT2D eigenvalue weighted by atomic mass is 10.0. The summed E-state index contributed by atoms with van der Waals surface area (Å²) in [5.41, 5.74) is 2.28. The minimum atomic E-state index is -0.863. The molecule has 1 aromatic carbocycles. The zero-order valence-corrected chi connectivity index (χ0v) is 13.8. The van der Waals surface area contributed by atoms with E-state index in [1.54, 1.807) is 0 Å². The monoisotopic (exact) mass is 326 g/mol. The number of aliphatic hydroxyl groups is 2. The Labute approximate surface area is 142 Å². The van der Waals surface area contributed by atoms with E-state index in [-0.39, 0.29) is 5.76 Å². The molecule has 0 amide bonds. The van der Waals surface area contributed by atoms with Crippen LogP contribution in [0.1, 0.15) is 43.7 Å². The lowest BCUT2D eigenvalue weighted by molar-refractivity contribution is -0.142. The molecular weight excluding hydrogens is 304 g/mol. The van der Waals surface area contributed by atoms with Crippen LogP contribution in [0.15, 0.2) is 41.9 Å². The topological polar surface area (TPSA) is 66.8 Å². The lowest BCUT2D eigenvalue weighted by Gasteiger charge is -2.07. The van der Waals surface area contributed by atoms with Gasteiger partial charge in [-0.2, -0.15) is 0 Å². The number of ether oxygens (including phenoxy) is 1. The fourth-order valence-corrected chi connectivity index (χ4v) is 2.38. The van der Waals surface area contributed by atoms with Crippen LogP contribution in [0.2, 0.25) is 0 Å². The molecule has 4 heteroatoms.